The molecule has 1 aliphatic heterocycles. The average Bonchev–Trinajstić information content (AvgIpc) is 3.41. The summed E-state index contributed by atoms with van der Waals surface area (Å²) in [5.41, 5.74) is 12.8. The second-order valence-electron chi connectivity index (χ2n) is 9.05. The van der Waals surface area contributed by atoms with Crippen LogP contribution in [0.2, 0.25) is 0 Å². The first-order valence-electron chi connectivity index (χ1n) is 11.5. The fourth-order valence-corrected chi connectivity index (χ4v) is 4.99. The number of likely N-dealkylation sites (tertiary alicyclic amines) is 1. The van der Waals surface area contributed by atoms with Gasteiger partial charge in [0.2, 0.25) is 0 Å². The van der Waals surface area contributed by atoms with Gasteiger partial charge in [0.25, 0.3) is 0 Å². The Kier molecular flexibility index (Phi) is 4.84. The van der Waals surface area contributed by atoms with Crippen LogP contribution in [0.3, 0.4) is 0 Å². The van der Waals surface area contributed by atoms with Gasteiger partial charge < -0.3 is 10.6 Å². The number of anilines is 1. The molecule has 0 amide bonds. The van der Waals surface area contributed by atoms with Crippen molar-refractivity contribution in [2.45, 2.75) is 25.3 Å². The molecule has 7 nitrogen and oxygen atoms in total. The first-order chi connectivity index (χ1) is 16.2. The van der Waals surface area contributed by atoms with Crippen molar-refractivity contribution in [3.63, 3.8) is 0 Å². The molecule has 0 saturated carbocycles. The molecule has 1 aliphatic rings. The largest absolute Gasteiger partial charge is 0.382 e. The summed E-state index contributed by atoms with van der Waals surface area (Å²) in [6.07, 6.45) is 5.90. The van der Waals surface area contributed by atoms with Crippen LogP contribution in [-0.4, -0.2) is 49.4 Å². The van der Waals surface area contributed by atoms with E-state index in [9.17, 15) is 0 Å². The predicted molar refractivity (Wildman–Crippen MR) is 131 cm³/mol. The summed E-state index contributed by atoms with van der Waals surface area (Å²) in [5.74, 6) is 0.972. The zero-order valence-electron chi connectivity index (χ0n) is 18.7. The molecule has 6 rings (SSSR count). The molecule has 4 heterocycles. The molecule has 2 aromatic carbocycles. The molecule has 0 spiro atoms. The molecule has 7 heteroatoms. The lowest BCUT2D eigenvalue weighted by Gasteiger charge is -2.28. The van der Waals surface area contributed by atoms with E-state index in [-0.39, 0.29) is 0 Å². The second-order valence-corrected chi connectivity index (χ2v) is 9.05. The average molecular weight is 438 g/mol. The van der Waals surface area contributed by atoms with Gasteiger partial charge in [-0.3, -0.25) is 4.68 Å². The molecule has 5 aromatic rings. The standard InChI is InChI=1S/C26H27N7/c1-31-11-9-19(10-12-31)24-14-22(25-26(27)28-17-29-33(24)25)20-7-8-21-16-32(30-23(21)13-20)15-18-5-3-2-4-6-18/h2-8,13-14,16-17,19H,9-12,15H2,1H3,(H2,27,28,29). The highest BCUT2D eigenvalue weighted by molar-refractivity contribution is 5.92. The molecule has 1 saturated heterocycles. The number of nitrogens with two attached hydrogens (primary N) is 1. The maximum absolute atomic E-state index is 6.36. The molecule has 33 heavy (non-hydrogen) atoms. The number of hydrogen-bond donors (Lipinski definition) is 1. The molecular weight excluding hydrogens is 410 g/mol. The van der Waals surface area contributed by atoms with Gasteiger partial charge in [-0.05, 0) is 56.2 Å². The highest BCUT2D eigenvalue weighted by Gasteiger charge is 2.24. The lowest BCUT2D eigenvalue weighted by Crippen LogP contribution is -2.29. The van der Waals surface area contributed by atoms with E-state index in [0.717, 1.165) is 60.0 Å². The topological polar surface area (TPSA) is 77.3 Å². The number of nitrogen functional groups attached to an aromatic ring is 1. The first-order valence-corrected chi connectivity index (χ1v) is 11.5. The molecule has 0 unspecified atom stereocenters. The lowest BCUT2D eigenvalue weighted by atomic mass is 9.93. The summed E-state index contributed by atoms with van der Waals surface area (Å²) in [6.45, 7) is 2.94. The van der Waals surface area contributed by atoms with Crippen molar-refractivity contribution in [1.82, 2.24) is 29.3 Å². The van der Waals surface area contributed by atoms with Gasteiger partial charge in [0.15, 0.2) is 5.82 Å². The highest BCUT2D eigenvalue weighted by atomic mass is 15.3. The Balaban J connectivity index is 1.41. The van der Waals surface area contributed by atoms with Crippen LogP contribution in [0.1, 0.15) is 30.0 Å². The minimum Gasteiger partial charge on any atom is -0.382 e. The van der Waals surface area contributed by atoms with Crippen LogP contribution >= 0.6 is 0 Å². The van der Waals surface area contributed by atoms with E-state index in [4.69, 9.17) is 10.8 Å². The Morgan fingerprint density at radius 1 is 1.03 bits per heavy atom. The molecule has 0 bridgehead atoms. The third-order valence-electron chi connectivity index (χ3n) is 6.80. The smallest absolute Gasteiger partial charge is 0.151 e. The third-order valence-corrected chi connectivity index (χ3v) is 6.80. The van der Waals surface area contributed by atoms with Crippen molar-refractivity contribution in [2.75, 3.05) is 25.9 Å². The van der Waals surface area contributed by atoms with Gasteiger partial charge in [-0.15, -0.1) is 0 Å². The van der Waals surface area contributed by atoms with Crippen LogP contribution in [0.15, 0.2) is 67.1 Å². The minimum atomic E-state index is 0.463. The van der Waals surface area contributed by atoms with Gasteiger partial charge in [0, 0.05) is 28.8 Å². The first kappa shape index (κ1) is 19.9. The van der Waals surface area contributed by atoms with Crippen molar-refractivity contribution < 1.29 is 0 Å². The number of piperidine rings is 1. The number of hydrogen-bond acceptors (Lipinski definition) is 5. The molecule has 3 aromatic heterocycles. The number of nitrogens with zero attached hydrogens (tertiary/aromatic N) is 6. The Hall–Kier alpha value is -3.71. The van der Waals surface area contributed by atoms with Crippen LogP contribution in [-0.2, 0) is 6.54 Å². The zero-order valence-corrected chi connectivity index (χ0v) is 18.7. The molecule has 0 aliphatic carbocycles. The normalized spacial score (nSPS) is 15.5. The van der Waals surface area contributed by atoms with E-state index in [0.29, 0.717) is 11.7 Å². The van der Waals surface area contributed by atoms with Crippen LogP contribution in [0.4, 0.5) is 5.82 Å². The molecule has 2 N–H and O–H groups in total. The summed E-state index contributed by atoms with van der Waals surface area (Å²) < 4.78 is 4.01. The van der Waals surface area contributed by atoms with E-state index in [1.807, 2.05) is 15.3 Å². The summed E-state index contributed by atoms with van der Waals surface area (Å²) in [4.78, 5) is 6.68. The van der Waals surface area contributed by atoms with Crippen molar-refractivity contribution in [1.29, 1.82) is 0 Å². The zero-order chi connectivity index (χ0) is 22.4. The quantitative estimate of drug-likeness (QED) is 0.456. The Morgan fingerprint density at radius 3 is 2.67 bits per heavy atom. The van der Waals surface area contributed by atoms with Crippen LogP contribution in [0.25, 0.3) is 27.5 Å². The summed E-state index contributed by atoms with van der Waals surface area (Å²) in [6, 6.07) is 19.1. The summed E-state index contributed by atoms with van der Waals surface area (Å²) >= 11 is 0. The van der Waals surface area contributed by atoms with Crippen molar-refractivity contribution >= 4 is 22.2 Å². The van der Waals surface area contributed by atoms with Crippen LogP contribution < -0.4 is 5.73 Å². The number of aromatic nitrogens is 5. The van der Waals surface area contributed by atoms with Gasteiger partial charge in [-0.2, -0.15) is 10.2 Å². The third kappa shape index (κ3) is 3.64. The summed E-state index contributed by atoms with van der Waals surface area (Å²) in [5, 5.41) is 10.6. The predicted octanol–water partition coefficient (Wildman–Crippen LogP) is 4.19. The maximum Gasteiger partial charge on any atom is 0.151 e. The number of rotatable bonds is 4. The van der Waals surface area contributed by atoms with Crippen molar-refractivity contribution in [3.8, 4) is 11.1 Å². The highest BCUT2D eigenvalue weighted by Crippen LogP contribution is 2.37. The fraction of sp³-hybridized carbons (Fsp3) is 0.269. The Bertz CT molecular complexity index is 1430. The molecule has 1 fully saturated rings. The van der Waals surface area contributed by atoms with Crippen LogP contribution in [0, 0.1) is 0 Å². The SMILES string of the molecule is CN1CCC(c2cc(-c3ccc4cn(Cc5ccccc5)nc4c3)c3c(N)ncnn23)CC1. The Morgan fingerprint density at radius 2 is 1.85 bits per heavy atom. The second kappa shape index (κ2) is 8.01. The van der Waals surface area contributed by atoms with Gasteiger partial charge in [-0.1, -0.05) is 42.5 Å². The summed E-state index contributed by atoms with van der Waals surface area (Å²) in [7, 11) is 2.18. The van der Waals surface area contributed by atoms with Crippen molar-refractivity contribution in [2.24, 2.45) is 0 Å². The van der Waals surface area contributed by atoms with Crippen molar-refractivity contribution in [3.05, 3.63) is 78.4 Å². The van der Waals surface area contributed by atoms with Crippen LogP contribution in [0.5, 0.6) is 0 Å². The number of fused-ring (bicyclic) bond motifs is 2. The lowest BCUT2D eigenvalue weighted by molar-refractivity contribution is 0.252. The van der Waals surface area contributed by atoms with Gasteiger partial charge in [-0.25, -0.2) is 9.50 Å². The minimum absolute atomic E-state index is 0.463. The Labute approximate surface area is 192 Å². The monoisotopic (exact) mass is 437 g/mol. The molecular formula is C26H27N7. The molecule has 166 valence electrons. The molecule has 0 atom stereocenters. The van der Waals surface area contributed by atoms with Gasteiger partial charge >= 0.3 is 0 Å². The van der Waals surface area contributed by atoms with Gasteiger partial charge in [0.05, 0.1) is 12.1 Å². The fourth-order valence-electron chi connectivity index (χ4n) is 4.99. The van der Waals surface area contributed by atoms with E-state index < -0.39 is 0 Å². The van der Waals surface area contributed by atoms with E-state index in [1.165, 1.54) is 11.3 Å². The number of benzene rings is 2. The van der Waals surface area contributed by atoms with E-state index in [1.54, 1.807) is 6.33 Å². The van der Waals surface area contributed by atoms with Gasteiger partial charge in [0.1, 0.15) is 11.8 Å². The van der Waals surface area contributed by atoms with E-state index >= 15 is 0 Å². The van der Waals surface area contributed by atoms with E-state index in [2.05, 4.69) is 76.8 Å². The maximum atomic E-state index is 6.36. The molecule has 0 radical (unpaired) electrons.